The highest BCUT2D eigenvalue weighted by atomic mass is 19.4. The van der Waals surface area contributed by atoms with Gasteiger partial charge in [0.15, 0.2) is 0 Å². The van der Waals surface area contributed by atoms with Crippen LogP contribution < -0.4 is 10.1 Å². The summed E-state index contributed by atoms with van der Waals surface area (Å²) in [4.78, 5) is 24.5. The molecule has 2 amide bonds. The highest BCUT2D eigenvalue weighted by Gasteiger charge is 2.47. The summed E-state index contributed by atoms with van der Waals surface area (Å²) in [6.45, 7) is 1.16. The van der Waals surface area contributed by atoms with Crippen LogP contribution in [0.3, 0.4) is 0 Å². The van der Waals surface area contributed by atoms with E-state index in [1.165, 1.54) is 14.0 Å². The van der Waals surface area contributed by atoms with E-state index >= 15 is 0 Å². The Morgan fingerprint density at radius 1 is 1.24 bits per heavy atom. The third-order valence-corrected chi connectivity index (χ3v) is 4.20. The number of methoxy groups -OCH3 is 1. The second-order valence-corrected chi connectivity index (χ2v) is 6.10. The molecule has 1 aromatic rings. The van der Waals surface area contributed by atoms with Crippen LogP contribution >= 0.6 is 0 Å². The van der Waals surface area contributed by atoms with Crippen molar-refractivity contribution in [3.05, 3.63) is 29.8 Å². The van der Waals surface area contributed by atoms with Gasteiger partial charge in [0.05, 0.1) is 13.5 Å². The van der Waals surface area contributed by atoms with Crippen LogP contribution in [-0.2, 0) is 16.0 Å². The Hall–Kier alpha value is -2.25. The van der Waals surface area contributed by atoms with Crippen molar-refractivity contribution in [2.45, 2.75) is 44.4 Å². The van der Waals surface area contributed by atoms with Gasteiger partial charge >= 0.3 is 6.18 Å². The molecule has 5 nitrogen and oxygen atoms in total. The fraction of sp³-hybridized carbons (Fsp3) is 0.529. The summed E-state index contributed by atoms with van der Waals surface area (Å²) in [6, 6.07) is 4.32. The highest BCUT2D eigenvalue weighted by Crippen LogP contribution is 2.32. The Morgan fingerprint density at radius 2 is 1.88 bits per heavy atom. The quantitative estimate of drug-likeness (QED) is 0.899. The maximum atomic E-state index is 13.3. The zero-order chi connectivity index (χ0) is 18.6. The summed E-state index contributed by atoms with van der Waals surface area (Å²) in [7, 11) is 1.50. The number of nitrogens with one attached hydrogen (secondary N) is 1. The number of carbonyl (C=O) groups is 2. The van der Waals surface area contributed by atoms with Crippen LogP contribution in [0, 0.1) is 0 Å². The van der Waals surface area contributed by atoms with Crippen molar-refractivity contribution < 1.29 is 27.5 Å². The zero-order valence-corrected chi connectivity index (χ0v) is 14.1. The van der Waals surface area contributed by atoms with Crippen molar-refractivity contribution in [3.63, 3.8) is 0 Å². The molecule has 0 aromatic heterocycles. The summed E-state index contributed by atoms with van der Waals surface area (Å²) in [6.07, 6.45) is -4.65. The van der Waals surface area contributed by atoms with Gasteiger partial charge in [-0.2, -0.15) is 13.2 Å². The number of hydrogen-bond acceptors (Lipinski definition) is 3. The van der Waals surface area contributed by atoms with E-state index in [-0.39, 0.29) is 31.7 Å². The predicted molar refractivity (Wildman–Crippen MR) is 85.1 cm³/mol. The first kappa shape index (κ1) is 19.1. The van der Waals surface area contributed by atoms with E-state index in [1.54, 1.807) is 24.3 Å². The van der Waals surface area contributed by atoms with Crippen LogP contribution in [-0.4, -0.2) is 48.6 Å². The molecular formula is C17H21F3N2O3. The minimum atomic E-state index is -4.49. The standard InChI is InChI=1S/C17H21F3N2O3/c1-11(23)21-13-5-8-15(17(18,19)20)22(10-13)16(24)9-12-3-6-14(25-2)7-4-12/h3-4,6-7,13,15H,5,8-10H2,1-2H3,(H,21,23)/t13-,15-/m1/s1. The maximum absolute atomic E-state index is 13.3. The van der Waals surface area contributed by atoms with Crippen molar-refractivity contribution in [2.75, 3.05) is 13.7 Å². The van der Waals surface area contributed by atoms with E-state index < -0.39 is 24.2 Å². The van der Waals surface area contributed by atoms with Crippen LogP contribution in [0.2, 0.25) is 0 Å². The van der Waals surface area contributed by atoms with Gasteiger partial charge in [0.25, 0.3) is 0 Å². The van der Waals surface area contributed by atoms with Crippen LogP contribution in [0.1, 0.15) is 25.3 Å². The Morgan fingerprint density at radius 3 is 2.40 bits per heavy atom. The van der Waals surface area contributed by atoms with Gasteiger partial charge < -0.3 is 15.0 Å². The molecule has 1 aliphatic heterocycles. The molecule has 1 fully saturated rings. The van der Waals surface area contributed by atoms with E-state index in [2.05, 4.69) is 5.32 Å². The van der Waals surface area contributed by atoms with Gasteiger partial charge in [-0.15, -0.1) is 0 Å². The molecule has 2 atom stereocenters. The maximum Gasteiger partial charge on any atom is 0.408 e. The molecule has 1 N–H and O–H groups in total. The molecule has 0 unspecified atom stereocenters. The van der Waals surface area contributed by atoms with Crippen LogP contribution in [0.15, 0.2) is 24.3 Å². The fourth-order valence-corrected chi connectivity index (χ4v) is 3.01. The van der Waals surface area contributed by atoms with Gasteiger partial charge in [-0.25, -0.2) is 0 Å². The number of piperidine rings is 1. The molecule has 8 heteroatoms. The number of halogens is 3. The second kappa shape index (κ2) is 7.76. The van der Waals surface area contributed by atoms with Crippen LogP contribution in [0.25, 0.3) is 0 Å². The Labute approximate surface area is 144 Å². The average Bonchev–Trinajstić information content (AvgIpc) is 2.54. The van der Waals surface area contributed by atoms with Gasteiger partial charge in [0, 0.05) is 19.5 Å². The third kappa shape index (κ3) is 5.11. The first-order valence-corrected chi connectivity index (χ1v) is 7.97. The monoisotopic (exact) mass is 358 g/mol. The summed E-state index contributed by atoms with van der Waals surface area (Å²) in [5.74, 6) is -0.325. The Kier molecular flexibility index (Phi) is 5.92. The molecule has 138 valence electrons. The normalized spacial score (nSPS) is 20.9. The molecule has 1 aromatic carbocycles. The Balaban J connectivity index is 2.13. The van der Waals surface area contributed by atoms with E-state index in [4.69, 9.17) is 4.74 Å². The lowest BCUT2D eigenvalue weighted by atomic mass is 9.96. The molecular weight excluding hydrogens is 337 g/mol. The number of likely N-dealkylation sites (tertiary alicyclic amines) is 1. The average molecular weight is 358 g/mol. The lowest BCUT2D eigenvalue weighted by Gasteiger charge is -2.40. The molecule has 0 radical (unpaired) electrons. The van der Waals surface area contributed by atoms with Gasteiger partial charge in [-0.3, -0.25) is 9.59 Å². The molecule has 1 saturated heterocycles. The largest absolute Gasteiger partial charge is 0.497 e. The molecule has 1 aliphatic rings. The minimum Gasteiger partial charge on any atom is -0.497 e. The van der Waals surface area contributed by atoms with Crippen LogP contribution in [0.4, 0.5) is 13.2 Å². The number of amides is 2. The molecule has 0 spiro atoms. The second-order valence-electron chi connectivity index (χ2n) is 6.10. The number of ether oxygens (including phenoxy) is 1. The summed E-state index contributed by atoms with van der Waals surface area (Å²) < 4.78 is 44.9. The lowest BCUT2D eigenvalue weighted by Crippen LogP contribution is -2.58. The fourth-order valence-electron chi connectivity index (χ4n) is 3.01. The highest BCUT2D eigenvalue weighted by molar-refractivity contribution is 5.79. The van der Waals surface area contributed by atoms with Crippen molar-refractivity contribution in [1.29, 1.82) is 0 Å². The topological polar surface area (TPSA) is 58.6 Å². The summed E-state index contributed by atoms with van der Waals surface area (Å²) in [5, 5.41) is 2.60. The number of alkyl halides is 3. The van der Waals surface area contributed by atoms with Crippen molar-refractivity contribution in [3.8, 4) is 5.75 Å². The Bertz CT molecular complexity index is 617. The number of carbonyl (C=O) groups excluding carboxylic acids is 2. The molecule has 0 aliphatic carbocycles. The molecule has 1 heterocycles. The van der Waals surface area contributed by atoms with Gasteiger partial charge in [0.1, 0.15) is 11.8 Å². The molecule has 0 bridgehead atoms. The van der Waals surface area contributed by atoms with Crippen molar-refractivity contribution >= 4 is 11.8 Å². The zero-order valence-electron chi connectivity index (χ0n) is 14.1. The van der Waals surface area contributed by atoms with E-state index in [0.29, 0.717) is 11.3 Å². The first-order valence-electron chi connectivity index (χ1n) is 7.97. The van der Waals surface area contributed by atoms with Crippen molar-refractivity contribution in [2.24, 2.45) is 0 Å². The first-order chi connectivity index (χ1) is 11.7. The number of hydrogen-bond donors (Lipinski definition) is 1. The van der Waals surface area contributed by atoms with Gasteiger partial charge in [-0.05, 0) is 30.5 Å². The van der Waals surface area contributed by atoms with E-state index in [1.807, 2.05) is 0 Å². The van der Waals surface area contributed by atoms with Crippen molar-refractivity contribution in [1.82, 2.24) is 10.2 Å². The molecule has 25 heavy (non-hydrogen) atoms. The van der Waals surface area contributed by atoms with E-state index in [9.17, 15) is 22.8 Å². The van der Waals surface area contributed by atoms with E-state index in [0.717, 1.165) is 4.90 Å². The summed E-state index contributed by atoms with van der Waals surface area (Å²) >= 11 is 0. The van der Waals surface area contributed by atoms with Crippen LogP contribution in [0.5, 0.6) is 5.75 Å². The predicted octanol–water partition coefficient (Wildman–Crippen LogP) is 2.30. The smallest absolute Gasteiger partial charge is 0.408 e. The third-order valence-electron chi connectivity index (χ3n) is 4.20. The molecule has 0 saturated carbocycles. The number of benzene rings is 1. The van der Waals surface area contributed by atoms with Gasteiger partial charge in [-0.1, -0.05) is 12.1 Å². The minimum absolute atomic E-state index is 0.136. The summed E-state index contributed by atoms with van der Waals surface area (Å²) in [5.41, 5.74) is 0.605. The lowest BCUT2D eigenvalue weighted by molar-refractivity contribution is -0.197. The van der Waals surface area contributed by atoms with Gasteiger partial charge in [0.2, 0.25) is 11.8 Å². The SMILES string of the molecule is COc1ccc(CC(=O)N2C[C@H](NC(C)=O)CC[C@@H]2C(F)(F)F)cc1. The molecule has 2 rings (SSSR count). The number of nitrogens with zero attached hydrogens (tertiary/aromatic N) is 1. The number of rotatable bonds is 4.